The predicted octanol–water partition coefficient (Wildman–Crippen LogP) is 5.18. The molecule has 1 unspecified atom stereocenters. The summed E-state index contributed by atoms with van der Waals surface area (Å²) < 4.78 is 54.7. The van der Waals surface area contributed by atoms with Crippen molar-refractivity contribution in [1.29, 1.82) is 0 Å². The maximum atomic E-state index is 12.9. The van der Waals surface area contributed by atoms with E-state index in [4.69, 9.17) is 13.9 Å². The van der Waals surface area contributed by atoms with Crippen LogP contribution >= 0.6 is 0 Å². The van der Waals surface area contributed by atoms with E-state index in [1.807, 2.05) is 0 Å². The van der Waals surface area contributed by atoms with Crippen LogP contribution in [-0.2, 0) is 6.18 Å². The fourth-order valence-corrected chi connectivity index (χ4v) is 3.86. The molecule has 0 aliphatic carbocycles. The van der Waals surface area contributed by atoms with Gasteiger partial charge < -0.3 is 24.1 Å². The molecule has 1 atom stereocenters. The molecule has 1 aliphatic rings. The number of likely N-dealkylation sites (tertiary alicyclic amines) is 1. The number of nitrogens with one attached hydrogen (secondary N) is 1. The van der Waals surface area contributed by atoms with Gasteiger partial charge in [0.15, 0.2) is 11.5 Å². The molecule has 1 aromatic heterocycles. The molecule has 1 saturated heterocycles. The summed E-state index contributed by atoms with van der Waals surface area (Å²) in [7, 11) is 3.01. The monoisotopic (exact) mass is 476 g/mol. The number of rotatable bonds is 5. The number of alkyl halides is 3. The summed E-state index contributed by atoms with van der Waals surface area (Å²) in [6, 6.07) is 9.42. The molecule has 11 heteroatoms. The number of ether oxygens (including phenoxy) is 2. The van der Waals surface area contributed by atoms with E-state index < -0.39 is 11.7 Å². The van der Waals surface area contributed by atoms with Gasteiger partial charge in [-0.05, 0) is 49.2 Å². The highest BCUT2D eigenvalue weighted by molar-refractivity contribution is 5.91. The molecule has 0 saturated carbocycles. The molecule has 2 amide bonds. The highest BCUT2D eigenvalue weighted by Crippen LogP contribution is 2.36. The highest BCUT2D eigenvalue weighted by atomic mass is 19.4. The third-order valence-electron chi connectivity index (χ3n) is 5.60. The minimum Gasteiger partial charge on any atom is -0.493 e. The first-order chi connectivity index (χ1) is 16.3. The van der Waals surface area contributed by atoms with E-state index in [0.29, 0.717) is 41.7 Å². The van der Waals surface area contributed by atoms with Crippen LogP contribution in [0.1, 0.15) is 30.2 Å². The van der Waals surface area contributed by atoms with Crippen molar-refractivity contribution in [3.63, 3.8) is 0 Å². The van der Waals surface area contributed by atoms with Crippen LogP contribution in [0.5, 0.6) is 11.5 Å². The van der Waals surface area contributed by atoms with Crippen molar-refractivity contribution in [3.8, 4) is 23.0 Å². The lowest BCUT2D eigenvalue weighted by atomic mass is 9.98. The highest BCUT2D eigenvalue weighted by Gasteiger charge is 2.31. The van der Waals surface area contributed by atoms with Crippen LogP contribution in [0.2, 0.25) is 0 Å². The van der Waals surface area contributed by atoms with E-state index in [1.54, 1.807) is 23.1 Å². The lowest BCUT2D eigenvalue weighted by Gasteiger charge is -2.31. The number of hydrogen-bond donors (Lipinski definition) is 1. The number of para-hydroxylation sites is 1. The number of amides is 2. The van der Waals surface area contributed by atoms with Crippen LogP contribution in [0.3, 0.4) is 0 Å². The van der Waals surface area contributed by atoms with Gasteiger partial charge >= 0.3 is 12.2 Å². The maximum Gasteiger partial charge on any atom is 0.416 e. The summed E-state index contributed by atoms with van der Waals surface area (Å²) in [6.45, 7) is 0.904. The standard InChI is InChI=1S/C23H23F3N4O4/c1-32-18-7-3-6-17(19(18)33-2)27-22(31)30-12-4-5-15(13-30)21-29-28-20(34-21)14-8-10-16(11-9-14)23(24,25)26/h3,6-11,15H,4-5,12-13H2,1-2H3,(H,27,31). The van der Waals surface area contributed by atoms with E-state index in [-0.39, 0.29) is 17.8 Å². The second-order valence-electron chi connectivity index (χ2n) is 7.78. The Balaban J connectivity index is 1.45. The molecule has 3 aromatic rings. The predicted molar refractivity (Wildman–Crippen MR) is 117 cm³/mol. The second kappa shape index (κ2) is 9.62. The molecule has 0 bridgehead atoms. The number of urea groups is 1. The normalized spacial score (nSPS) is 16.3. The third-order valence-corrected chi connectivity index (χ3v) is 5.60. The number of benzene rings is 2. The van der Waals surface area contributed by atoms with Crippen LogP contribution in [0.15, 0.2) is 46.9 Å². The molecule has 1 fully saturated rings. The molecule has 2 aromatic carbocycles. The average molecular weight is 476 g/mol. The minimum absolute atomic E-state index is 0.131. The Kier molecular flexibility index (Phi) is 6.62. The van der Waals surface area contributed by atoms with Crippen LogP contribution in [0.4, 0.5) is 23.7 Å². The van der Waals surface area contributed by atoms with Crippen molar-refractivity contribution in [2.45, 2.75) is 24.9 Å². The summed E-state index contributed by atoms with van der Waals surface area (Å²) in [6.07, 6.45) is -2.95. The number of carbonyl (C=O) groups excluding carboxylic acids is 1. The van der Waals surface area contributed by atoms with Crippen molar-refractivity contribution >= 4 is 11.7 Å². The van der Waals surface area contributed by atoms with E-state index in [9.17, 15) is 18.0 Å². The Labute approximate surface area is 193 Å². The van der Waals surface area contributed by atoms with Gasteiger partial charge in [-0.15, -0.1) is 10.2 Å². The smallest absolute Gasteiger partial charge is 0.416 e. The van der Waals surface area contributed by atoms with Gasteiger partial charge in [-0.3, -0.25) is 0 Å². The van der Waals surface area contributed by atoms with Gasteiger partial charge in [0.2, 0.25) is 11.8 Å². The van der Waals surface area contributed by atoms with Crippen molar-refractivity contribution in [3.05, 3.63) is 53.9 Å². The summed E-state index contributed by atoms with van der Waals surface area (Å²) in [5.74, 6) is 1.20. The molecular weight excluding hydrogens is 453 g/mol. The molecule has 1 N–H and O–H groups in total. The van der Waals surface area contributed by atoms with Gasteiger partial charge in [0, 0.05) is 18.7 Å². The van der Waals surface area contributed by atoms with Crippen LogP contribution in [-0.4, -0.2) is 48.4 Å². The molecule has 2 heterocycles. The van der Waals surface area contributed by atoms with Gasteiger partial charge in [-0.2, -0.15) is 13.2 Å². The zero-order valence-electron chi connectivity index (χ0n) is 18.6. The molecule has 1 aliphatic heterocycles. The van der Waals surface area contributed by atoms with Crippen molar-refractivity contribution in [2.24, 2.45) is 0 Å². The quantitative estimate of drug-likeness (QED) is 0.546. The Hall–Kier alpha value is -3.76. The van der Waals surface area contributed by atoms with Crippen LogP contribution in [0, 0.1) is 0 Å². The summed E-state index contributed by atoms with van der Waals surface area (Å²) in [5.41, 5.74) is 0.122. The largest absolute Gasteiger partial charge is 0.493 e. The lowest BCUT2D eigenvalue weighted by molar-refractivity contribution is -0.137. The van der Waals surface area contributed by atoms with Crippen molar-refractivity contribution in [1.82, 2.24) is 15.1 Å². The van der Waals surface area contributed by atoms with Crippen molar-refractivity contribution in [2.75, 3.05) is 32.6 Å². The minimum atomic E-state index is -4.42. The number of anilines is 1. The van der Waals surface area contributed by atoms with Gasteiger partial charge in [0.05, 0.1) is 31.4 Å². The number of nitrogens with zero attached hydrogens (tertiary/aromatic N) is 3. The fraction of sp³-hybridized carbons (Fsp3) is 0.348. The number of piperidine rings is 1. The van der Waals surface area contributed by atoms with Crippen LogP contribution in [0.25, 0.3) is 11.5 Å². The number of methoxy groups -OCH3 is 2. The first-order valence-electron chi connectivity index (χ1n) is 10.6. The molecule has 4 rings (SSSR count). The zero-order chi connectivity index (χ0) is 24.3. The van der Waals surface area contributed by atoms with Gasteiger partial charge in [-0.25, -0.2) is 4.79 Å². The number of halogens is 3. The Morgan fingerprint density at radius 2 is 1.88 bits per heavy atom. The Morgan fingerprint density at radius 3 is 2.56 bits per heavy atom. The Morgan fingerprint density at radius 1 is 1.12 bits per heavy atom. The second-order valence-corrected chi connectivity index (χ2v) is 7.78. The van der Waals surface area contributed by atoms with E-state index in [2.05, 4.69) is 15.5 Å². The molecule has 8 nitrogen and oxygen atoms in total. The summed E-state index contributed by atoms with van der Waals surface area (Å²) in [5, 5.41) is 10.9. The first kappa shape index (κ1) is 23.4. The summed E-state index contributed by atoms with van der Waals surface area (Å²) in [4.78, 5) is 14.6. The average Bonchev–Trinajstić information content (AvgIpc) is 3.34. The molecule has 34 heavy (non-hydrogen) atoms. The molecule has 0 spiro atoms. The fourth-order valence-electron chi connectivity index (χ4n) is 3.86. The topological polar surface area (TPSA) is 89.7 Å². The lowest BCUT2D eigenvalue weighted by Crippen LogP contribution is -2.41. The first-order valence-corrected chi connectivity index (χ1v) is 10.6. The van der Waals surface area contributed by atoms with E-state index in [1.165, 1.54) is 26.4 Å². The molecular formula is C23H23F3N4O4. The van der Waals surface area contributed by atoms with Gasteiger partial charge in [0.1, 0.15) is 0 Å². The zero-order valence-corrected chi connectivity index (χ0v) is 18.6. The number of aromatic nitrogens is 2. The van der Waals surface area contributed by atoms with E-state index >= 15 is 0 Å². The summed E-state index contributed by atoms with van der Waals surface area (Å²) >= 11 is 0. The third kappa shape index (κ3) is 4.92. The maximum absolute atomic E-state index is 12.9. The van der Waals surface area contributed by atoms with Gasteiger partial charge in [-0.1, -0.05) is 6.07 Å². The van der Waals surface area contributed by atoms with Crippen LogP contribution < -0.4 is 14.8 Å². The SMILES string of the molecule is COc1cccc(NC(=O)N2CCCC(c3nnc(-c4ccc(C(F)(F)F)cc4)o3)C2)c1OC. The molecule has 180 valence electrons. The van der Waals surface area contributed by atoms with Gasteiger partial charge in [0.25, 0.3) is 0 Å². The van der Waals surface area contributed by atoms with E-state index in [0.717, 1.165) is 25.0 Å². The number of carbonyl (C=O) groups is 1. The Bertz CT molecular complexity index is 1150. The number of hydrogen-bond acceptors (Lipinski definition) is 6. The van der Waals surface area contributed by atoms with Crippen molar-refractivity contribution < 1.29 is 31.9 Å². The molecule has 0 radical (unpaired) electrons.